The van der Waals surface area contributed by atoms with Gasteiger partial charge in [-0.15, -0.1) is 0 Å². The SMILES string of the molecule is CCCNC(=O)C(C)N(Cc1ccc(F)cc1)C(=O)CN(c1cccc(C(F)(F)F)c1)S(C)(=O)=O. The zero-order valence-electron chi connectivity index (χ0n) is 19.5. The molecule has 1 unspecified atom stereocenters. The molecule has 0 aliphatic rings. The predicted octanol–water partition coefficient (Wildman–Crippen LogP) is 3.55. The Morgan fingerprint density at radius 3 is 2.26 bits per heavy atom. The van der Waals surface area contributed by atoms with Crippen LogP contribution in [0.4, 0.5) is 23.2 Å². The van der Waals surface area contributed by atoms with E-state index in [1.807, 2.05) is 6.92 Å². The van der Waals surface area contributed by atoms with Crippen LogP contribution >= 0.6 is 0 Å². The maximum Gasteiger partial charge on any atom is 0.416 e. The highest BCUT2D eigenvalue weighted by molar-refractivity contribution is 7.92. The van der Waals surface area contributed by atoms with Gasteiger partial charge in [0.1, 0.15) is 18.4 Å². The molecule has 1 atom stereocenters. The summed E-state index contributed by atoms with van der Waals surface area (Å²) in [6, 6.07) is 7.73. The van der Waals surface area contributed by atoms with Crippen molar-refractivity contribution < 1.29 is 35.6 Å². The topological polar surface area (TPSA) is 86.8 Å². The van der Waals surface area contributed by atoms with E-state index in [1.165, 1.54) is 31.2 Å². The van der Waals surface area contributed by atoms with Crippen LogP contribution < -0.4 is 9.62 Å². The van der Waals surface area contributed by atoms with Gasteiger partial charge in [0.05, 0.1) is 17.5 Å². The highest BCUT2D eigenvalue weighted by Gasteiger charge is 2.33. The van der Waals surface area contributed by atoms with Crippen LogP contribution in [0.15, 0.2) is 48.5 Å². The van der Waals surface area contributed by atoms with Crippen molar-refractivity contribution in [1.29, 1.82) is 0 Å². The van der Waals surface area contributed by atoms with E-state index in [0.29, 0.717) is 28.9 Å². The Bertz CT molecular complexity index is 1140. The number of rotatable bonds is 10. The van der Waals surface area contributed by atoms with Crippen molar-refractivity contribution >= 4 is 27.5 Å². The first kappa shape index (κ1) is 28.1. The van der Waals surface area contributed by atoms with Gasteiger partial charge in [-0.05, 0) is 49.2 Å². The molecule has 35 heavy (non-hydrogen) atoms. The summed E-state index contributed by atoms with van der Waals surface area (Å²) in [4.78, 5) is 27.0. The van der Waals surface area contributed by atoms with Gasteiger partial charge in [0.2, 0.25) is 21.8 Å². The number of alkyl halides is 3. The molecule has 12 heteroatoms. The monoisotopic (exact) mass is 517 g/mol. The minimum Gasteiger partial charge on any atom is -0.354 e. The normalized spacial score (nSPS) is 12.7. The Morgan fingerprint density at radius 1 is 1.09 bits per heavy atom. The van der Waals surface area contributed by atoms with E-state index in [1.54, 1.807) is 0 Å². The lowest BCUT2D eigenvalue weighted by atomic mass is 10.1. The van der Waals surface area contributed by atoms with Gasteiger partial charge in [-0.1, -0.05) is 25.1 Å². The van der Waals surface area contributed by atoms with Gasteiger partial charge in [-0.3, -0.25) is 13.9 Å². The fourth-order valence-corrected chi connectivity index (χ4v) is 4.06. The maximum absolute atomic E-state index is 13.3. The lowest BCUT2D eigenvalue weighted by molar-refractivity contribution is -0.139. The number of sulfonamides is 1. The van der Waals surface area contributed by atoms with Crippen molar-refractivity contribution in [2.24, 2.45) is 0 Å². The van der Waals surface area contributed by atoms with Gasteiger partial charge in [-0.25, -0.2) is 12.8 Å². The van der Waals surface area contributed by atoms with Crippen LogP contribution in [0.1, 0.15) is 31.4 Å². The van der Waals surface area contributed by atoms with E-state index in [0.717, 1.165) is 29.4 Å². The predicted molar refractivity (Wildman–Crippen MR) is 123 cm³/mol. The molecule has 0 aliphatic heterocycles. The smallest absolute Gasteiger partial charge is 0.354 e. The van der Waals surface area contributed by atoms with Crippen molar-refractivity contribution in [2.75, 3.05) is 23.7 Å². The molecule has 2 aromatic rings. The summed E-state index contributed by atoms with van der Waals surface area (Å²) in [6.07, 6.45) is -3.31. The Kier molecular flexibility index (Phi) is 9.24. The van der Waals surface area contributed by atoms with Gasteiger partial charge >= 0.3 is 6.18 Å². The Balaban J connectivity index is 2.41. The van der Waals surface area contributed by atoms with E-state index >= 15 is 0 Å². The summed E-state index contributed by atoms with van der Waals surface area (Å²) >= 11 is 0. The quantitative estimate of drug-likeness (QED) is 0.489. The lowest BCUT2D eigenvalue weighted by Crippen LogP contribution is -2.51. The minimum absolute atomic E-state index is 0.153. The first-order valence-corrected chi connectivity index (χ1v) is 12.6. The molecule has 2 aromatic carbocycles. The van der Waals surface area contributed by atoms with Gasteiger partial charge in [0.15, 0.2) is 0 Å². The van der Waals surface area contributed by atoms with Gasteiger partial charge in [0, 0.05) is 13.1 Å². The van der Waals surface area contributed by atoms with Crippen molar-refractivity contribution in [3.8, 4) is 0 Å². The summed E-state index contributed by atoms with van der Waals surface area (Å²) in [6.45, 7) is 2.64. The van der Waals surface area contributed by atoms with Crippen LogP contribution in [0.3, 0.4) is 0 Å². The fourth-order valence-electron chi connectivity index (χ4n) is 3.22. The highest BCUT2D eigenvalue weighted by atomic mass is 32.2. The molecule has 0 aliphatic carbocycles. The zero-order valence-corrected chi connectivity index (χ0v) is 20.3. The molecule has 0 saturated heterocycles. The number of carbonyl (C=O) groups is 2. The molecule has 0 aromatic heterocycles. The molecule has 7 nitrogen and oxygen atoms in total. The molecular weight excluding hydrogens is 490 g/mol. The molecule has 2 amide bonds. The third kappa shape index (κ3) is 7.94. The van der Waals surface area contributed by atoms with E-state index in [9.17, 15) is 35.6 Å². The van der Waals surface area contributed by atoms with E-state index < -0.39 is 52.0 Å². The summed E-state index contributed by atoms with van der Waals surface area (Å²) in [5.41, 5.74) is -0.952. The Hall–Kier alpha value is -3.15. The Labute approximate surface area is 201 Å². The van der Waals surface area contributed by atoms with Crippen molar-refractivity contribution in [3.63, 3.8) is 0 Å². The van der Waals surface area contributed by atoms with Crippen LogP contribution in [-0.2, 0) is 32.3 Å². The summed E-state index contributed by atoms with van der Waals surface area (Å²) < 4.78 is 78.3. The fraction of sp³-hybridized carbons (Fsp3) is 0.391. The number of amides is 2. The van der Waals surface area contributed by atoms with Crippen LogP contribution in [0, 0.1) is 5.82 Å². The molecule has 0 saturated carbocycles. The molecular formula is C23H27F4N3O4S. The third-order valence-corrected chi connectivity index (χ3v) is 6.26. The van der Waals surface area contributed by atoms with Crippen LogP contribution in [-0.4, -0.2) is 50.5 Å². The van der Waals surface area contributed by atoms with E-state index in [4.69, 9.17) is 0 Å². The van der Waals surface area contributed by atoms with Crippen molar-refractivity contribution in [1.82, 2.24) is 10.2 Å². The maximum atomic E-state index is 13.3. The van der Waals surface area contributed by atoms with E-state index in [-0.39, 0.29) is 12.2 Å². The average Bonchev–Trinajstić information content (AvgIpc) is 2.78. The first-order chi connectivity index (χ1) is 16.2. The molecule has 0 fully saturated rings. The van der Waals surface area contributed by atoms with Gasteiger partial charge in [0.25, 0.3) is 0 Å². The van der Waals surface area contributed by atoms with Gasteiger partial charge in [-0.2, -0.15) is 13.2 Å². The summed E-state index contributed by atoms with van der Waals surface area (Å²) in [7, 11) is -4.18. The van der Waals surface area contributed by atoms with Gasteiger partial charge < -0.3 is 10.2 Å². The highest BCUT2D eigenvalue weighted by Crippen LogP contribution is 2.32. The lowest BCUT2D eigenvalue weighted by Gasteiger charge is -2.31. The zero-order chi connectivity index (χ0) is 26.4. The standard InChI is InChI=1S/C23H27F4N3O4S/c1-4-12-28-22(32)16(2)29(14-17-8-10-19(24)11-9-17)21(31)15-30(35(3,33)34)20-7-5-6-18(13-20)23(25,26)27/h5-11,13,16H,4,12,14-15H2,1-3H3,(H,28,32). The molecule has 0 bridgehead atoms. The summed E-state index contributed by atoms with van der Waals surface area (Å²) in [5.74, 6) is -1.82. The molecule has 0 heterocycles. The van der Waals surface area contributed by atoms with Crippen molar-refractivity contribution in [3.05, 3.63) is 65.5 Å². The number of hydrogen-bond acceptors (Lipinski definition) is 4. The summed E-state index contributed by atoms with van der Waals surface area (Å²) in [5, 5.41) is 2.65. The number of hydrogen-bond donors (Lipinski definition) is 1. The number of halogens is 4. The molecule has 0 spiro atoms. The second kappa shape index (κ2) is 11.5. The molecule has 192 valence electrons. The second-order valence-electron chi connectivity index (χ2n) is 7.93. The molecule has 1 N–H and O–H groups in total. The second-order valence-corrected chi connectivity index (χ2v) is 9.84. The number of carbonyl (C=O) groups excluding carboxylic acids is 2. The van der Waals surface area contributed by atoms with Crippen LogP contribution in [0.2, 0.25) is 0 Å². The van der Waals surface area contributed by atoms with Crippen LogP contribution in [0.5, 0.6) is 0 Å². The largest absolute Gasteiger partial charge is 0.416 e. The molecule has 2 rings (SSSR count). The molecule has 0 radical (unpaired) electrons. The number of anilines is 1. The average molecular weight is 518 g/mol. The number of nitrogens with one attached hydrogen (secondary N) is 1. The first-order valence-electron chi connectivity index (χ1n) is 10.7. The number of benzene rings is 2. The van der Waals surface area contributed by atoms with Crippen LogP contribution in [0.25, 0.3) is 0 Å². The van der Waals surface area contributed by atoms with Crippen molar-refractivity contribution in [2.45, 2.75) is 39.0 Å². The Morgan fingerprint density at radius 2 is 1.71 bits per heavy atom. The minimum atomic E-state index is -4.72. The van der Waals surface area contributed by atoms with E-state index in [2.05, 4.69) is 5.32 Å². The third-order valence-electron chi connectivity index (χ3n) is 5.12. The number of nitrogens with zero attached hydrogens (tertiary/aromatic N) is 2.